The van der Waals surface area contributed by atoms with Gasteiger partial charge in [-0.25, -0.2) is 0 Å². The molecule has 0 saturated heterocycles. The zero-order valence-electron chi connectivity index (χ0n) is 8.69. The van der Waals surface area contributed by atoms with Gasteiger partial charge in [-0.2, -0.15) is 13.2 Å². The van der Waals surface area contributed by atoms with E-state index in [1.807, 2.05) is 0 Å². The maximum absolute atomic E-state index is 11.9. The molecule has 84 valence electrons. The quantitative estimate of drug-likeness (QED) is 0.753. The van der Waals surface area contributed by atoms with Crippen molar-refractivity contribution in [1.82, 2.24) is 5.32 Å². The molecule has 0 amide bonds. The minimum atomic E-state index is -4.03. The van der Waals surface area contributed by atoms with Crippen LogP contribution in [0.15, 0.2) is 0 Å². The highest BCUT2D eigenvalue weighted by Gasteiger charge is 2.31. The molecule has 1 aliphatic rings. The average molecular weight is 209 g/mol. The van der Waals surface area contributed by atoms with Crippen LogP contribution in [0.25, 0.3) is 0 Å². The van der Waals surface area contributed by atoms with Crippen molar-refractivity contribution in [1.29, 1.82) is 0 Å². The number of hydrogen-bond acceptors (Lipinski definition) is 1. The van der Waals surface area contributed by atoms with Crippen LogP contribution in [0.2, 0.25) is 0 Å². The molecule has 1 fully saturated rings. The number of halogens is 3. The van der Waals surface area contributed by atoms with Gasteiger partial charge < -0.3 is 5.32 Å². The van der Waals surface area contributed by atoms with Gasteiger partial charge in [0.1, 0.15) is 0 Å². The zero-order chi connectivity index (χ0) is 10.8. The Kier molecular flexibility index (Phi) is 3.81. The molecular formula is C10H18F3N. The Balaban J connectivity index is 2.19. The molecule has 1 aliphatic carbocycles. The van der Waals surface area contributed by atoms with E-state index in [9.17, 15) is 13.2 Å². The van der Waals surface area contributed by atoms with E-state index in [1.54, 1.807) is 0 Å². The third-order valence-electron chi connectivity index (χ3n) is 3.28. The third-order valence-corrected chi connectivity index (χ3v) is 3.28. The SMILES string of the molecule is CC1CCC(NCCC(F)(F)F)C1C. The third kappa shape index (κ3) is 3.48. The summed E-state index contributed by atoms with van der Waals surface area (Å²) in [6.07, 6.45) is -2.60. The van der Waals surface area contributed by atoms with Gasteiger partial charge >= 0.3 is 6.18 Å². The Labute approximate surface area is 83.1 Å². The fourth-order valence-corrected chi connectivity index (χ4v) is 2.05. The molecule has 0 radical (unpaired) electrons. The van der Waals surface area contributed by atoms with E-state index in [4.69, 9.17) is 0 Å². The molecule has 1 N–H and O–H groups in total. The first-order valence-electron chi connectivity index (χ1n) is 5.20. The van der Waals surface area contributed by atoms with Gasteiger partial charge in [-0.1, -0.05) is 13.8 Å². The van der Waals surface area contributed by atoms with Gasteiger partial charge in [-0.05, 0) is 24.7 Å². The van der Waals surface area contributed by atoms with E-state index in [2.05, 4.69) is 19.2 Å². The van der Waals surface area contributed by atoms with E-state index < -0.39 is 12.6 Å². The number of alkyl halides is 3. The minimum Gasteiger partial charge on any atom is -0.313 e. The first-order chi connectivity index (χ1) is 6.40. The van der Waals surface area contributed by atoms with Crippen LogP contribution in [0.4, 0.5) is 13.2 Å². The first-order valence-corrected chi connectivity index (χ1v) is 5.20. The van der Waals surface area contributed by atoms with Gasteiger partial charge in [0.25, 0.3) is 0 Å². The summed E-state index contributed by atoms with van der Waals surface area (Å²) in [6, 6.07) is 0.285. The summed E-state index contributed by atoms with van der Waals surface area (Å²) in [4.78, 5) is 0. The molecule has 0 spiro atoms. The summed E-state index contributed by atoms with van der Waals surface area (Å²) in [5.41, 5.74) is 0. The number of hydrogen-bond donors (Lipinski definition) is 1. The summed E-state index contributed by atoms with van der Waals surface area (Å²) in [7, 11) is 0. The Morgan fingerprint density at radius 1 is 1.21 bits per heavy atom. The largest absolute Gasteiger partial charge is 0.390 e. The normalized spacial score (nSPS) is 33.6. The molecule has 14 heavy (non-hydrogen) atoms. The molecule has 1 saturated carbocycles. The lowest BCUT2D eigenvalue weighted by Crippen LogP contribution is -2.34. The highest BCUT2D eigenvalue weighted by Crippen LogP contribution is 2.31. The second-order valence-corrected chi connectivity index (χ2v) is 4.34. The van der Waals surface area contributed by atoms with Crippen molar-refractivity contribution in [3.8, 4) is 0 Å². The van der Waals surface area contributed by atoms with Crippen molar-refractivity contribution in [2.75, 3.05) is 6.54 Å². The van der Waals surface area contributed by atoms with Gasteiger partial charge in [0.05, 0.1) is 6.42 Å². The van der Waals surface area contributed by atoms with Crippen LogP contribution in [0.5, 0.6) is 0 Å². The van der Waals surface area contributed by atoms with Crippen molar-refractivity contribution >= 4 is 0 Å². The lowest BCUT2D eigenvalue weighted by atomic mass is 9.98. The Bertz CT molecular complexity index is 179. The summed E-state index contributed by atoms with van der Waals surface area (Å²) >= 11 is 0. The Hall–Kier alpha value is -0.250. The van der Waals surface area contributed by atoms with Crippen LogP contribution < -0.4 is 5.32 Å². The van der Waals surface area contributed by atoms with Crippen molar-refractivity contribution in [3.63, 3.8) is 0 Å². The topological polar surface area (TPSA) is 12.0 Å². The smallest absolute Gasteiger partial charge is 0.313 e. The molecule has 0 aromatic carbocycles. The fourth-order valence-electron chi connectivity index (χ4n) is 2.05. The maximum Gasteiger partial charge on any atom is 0.390 e. The van der Waals surface area contributed by atoms with Crippen molar-refractivity contribution in [3.05, 3.63) is 0 Å². The molecule has 0 heterocycles. The summed E-state index contributed by atoms with van der Waals surface area (Å²) < 4.78 is 35.6. The van der Waals surface area contributed by atoms with Crippen LogP contribution in [-0.4, -0.2) is 18.8 Å². The Morgan fingerprint density at radius 3 is 2.29 bits per heavy atom. The molecule has 0 aromatic rings. The molecule has 4 heteroatoms. The highest BCUT2D eigenvalue weighted by atomic mass is 19.4. The standard InChI is InChI=1S/C10H18F3N/c1-7-3-4-9(8(7)2)14-6-5-10(11,12)13/h7-9,14H,3-6H2,1-2H3. The fraction of sp³-hybridized carbons (Fsp3) is 1.00. The average Bonchev–Trinajstić information content (AvgIpc) is 2.33. The number of nitrogens with one attached hydrogen (secondary N) is 1. The van der Waals surface area contributed by atoms with Crippen molar-refractivity contribution in [2.45, 2.75) is 45.3 Å². The molecule has 3 atom stereocenters. The predicted molar refractivity (Wildman–Crippen MR) is 50.0 cm³/mol. The molecule has 0 bridgehead atoms. The van der Waals surface area contributed by atoms with Crippen LogP contribution in [-0.2, 0) is 0 Å². The second kappa shape index (κ2) is 4.51. The van der Waals surface area contributed by atoms with Gasteiger partial charge in [-0.15, -0.1) is 0 Å². The highest BCUT2D eigenvalue weighted by molar-refractivity contribution is 4.84. The number of rotatable bonds is 3. The Morgan fingerprint density at radius 2 is 1.86 bits per heavy atom. The van der Waals surface area contributed by atoms with Crippen LogP contribution >= 0.6 is 0 Å². The minimum absolute atomic E-state index is 0.0607. The van der Waals surface area contributed by atoms with E-state index in [1.165, 1.54) is 0 Å². The van der Waals surface area contributed by atoms with Gasteiger partial charge in [-0.3, -0.25) is 0 Å². The molecule has 0 aromatic heterocycles. The van der Waals surface area contributed by atoms with E-state index in [0.29, 0.717) is 11.8 Å². The van der Waals surface area contributed by atoms with E-state index in [0.717, 1.165) is 12.8 Å². The molecule has 3 unspecified atom stereocenters. The van der Waals surface area contributed by atoms with Crippen LogP contribution in [0.1, 0.15) is 33.1 Å². The van der Waals surface area contributed by atoms with Crippen molar-refractivity contribution < 1.29 is 13.2 Å². The molecule has 1 nitrogen and oxygen atoms in total. The summed E-state index contributed by atoms with van der Waals surface area (Å²) in [5.74, 6) is 1.14. The lowest BCUT2D eigenvalue weighted by molar-refractivity contribution is -0.133. The summed E-state index contributed by atoms with van der Waals surface area (Å²) in [6.45, 7) is 4.34. The van der Waals surface area contributed by atoms with Gasteiger partial charge in [0, 0.05) is 12.6 Å². The van der Waals surface area contributed by atoms with Gasteiger partial charge in [0.15, 0.2) is 0 Å². The monoisotopic (exact) mass is 209 g/mol. The summed E-state index contributed by atoms with van der Waals surface area (Å²) in [5, 5.41) is 3.00. The first kappa shape index (κ1) is 11.8. The molecular weight excluding hydrogens is 191 g/mol. The van der Waals surface area contributed by atoms with E-state index >= 15 is 0 Å². The molecule has 1 rings (SSSR count). The van der Waals surface area contributed by atoms with Gasteiger partial charge in [0.2, 0.25) is 0 Å². The zero-order valence-corrected chi connectivity index (χ0v) is 8.69. The second-order valence-electron chi connectivity index (χ2n) is 4.34. The maximum atomic E-state index is 11.9. The van der Waals surface area contributed by atoms with Crippen molar-refractivity contribution in [2.24, 2.45) is 11.8 Å². The predicted octanol–water partition coefficient (Wildman–Crippen LogP) is 2.96. The van der Waals surface area contributed by atoms with E-state index in [-0.39, 0.29) is 12.6 Å². The van der Waals surface area contributed by atoms with Crippen LogP contribution in [0.3, 0.4) is 0 Å². The lowest BCUT2D eigenvalue weighted by Gasteiger charge is -2.20. The molecule has 0 aliphatic heterocycles. The van der Waals surface area contributed by atoms with Crippen LogP contribution in [0, 0.1) is 11.8 Å².